The normalized spacial score (nSPS) is 13.8. The number of fused-ring (bicyclic) bond motifs is 1. The number of nitrogens with zero attached hydrogens (tertiary/aromatic N) is 4. The predicted molar refractivity (Wildman–Crippen MR) is 150 cm³/mol. The van der Waals surface area contributed by atoms with Gasteiger partial charge in [0.2, 0.25) is 5.88 Å². The number of amides is 1. The SMILES string of the molecule is CCNC(=O)c1ccc(-c2cnc3c(NCCN4CCOCC4)cc(Oc4ccc(OC)cc4)nn23)cc1C. The topological polar surface area (TPSA) is 102 Å². The molecule has 2 aromatic carbocycles. The Bertz CT molecular complexity index is 1430. The number of ether oxygens (including phenoxy) is 3. The Morgan fingerprint density at radius 3 is 2.56 bits per heavy atom. The number of morpholine rings is 1. The van der Waals surface area contributed by atoms with Crippen LogP contribution in [0.3, 0.4) is 0 Å². The van der Waals surface area contributed by atoms with E-state index in [2.05, 4.69) is 15.5 Å². The van der Waals surface area contributed by atoms with Crippen LogP contribution in [0.1, 0.15) is 22.8 Å². The largest absolute Gasteiger partial charge is 0.497 e. The van der Waals surface area contributed by atoms with Crippen molar-refractivity contribution >= 4 is 17.2 Å². The molecule has 1 amide bonds. The lowest BCUT2D eigenvalue weighted by Crippen LogP contribution is -2.39. The molecule has 0 bridgehead atoms. The Hall–Kier alpha value is -4.15. The summed E-state index contributed by atoms with van der Waals surface area (Å²) < 4.78 is 18.7. The van der Waals surface area contributed by atoms with Crippen LogP contribution in [-0.4, -0.2) is 78.5 Å². The Morgan fingerprint density at radius 1 is 1.08 bits per heavy atom. The number of imidazole rings is 1. The zero-order chi connectivity index (χ0) is 27.2. The highest BCUT2D eigenvalue weighted by molar-refractivity contribution is 5.96. The standard InChI is InChI=1S/C29H34N6O4/c1-4-30-29(36)24-10-5-21(17-20(24)2)26-19-32-28-25(31-11-12-34-13-15-38-16-14-34)18-27(33-35(26)28)39-23-8-6-22(37-3)7-9-23/h5-10,17-19,31H,4,11-16H2,1-3H3,(H,30,36). The van der Waals surface area contributed by atoms with Gasteiger partial charge in [0, 0.05) is 49.9 Å². The minimum Gasteiger partial charge on any atom is -0.497 e. The van der Waals surface area contributed by atoms with Crippen molar-refractivity contribution in [1.29, 1.82) is 0 Å². The van der Waals surface area contributed by atoms with E-state index in [0.717, 1.165) is 67.7 Å². The number of nitrogens with one attached hydrogen (secondary N) is 2. The Kier molecular flexibility index (Phi) is 8.24. The fourth-order valence-electron chi connectivity index (χ4n) is 4.59. The molecule has 1 aliphatic heterocycles. The molecule has 0 atom stereocenters. The average molecular weight is 531 g/mol. The smallest absolute Gasteiger partial charge is 0.251 e. The van der Waals surface area contributed by atoms with Gasteiger partial charge in [0.15, 0.2) is 5.65 Å². The zero-order valence-corrected chi connectivity index (χ0v) is 22.6. The molecule has 0 radical (unpaired) electrons. The van der Waals surface area contributed by atoms with E-state index in [0.29, 0.717) is 29.4 Å². The summed E-state index contributed by atoms with van der Waals surface area (Å²) >= 11 is 0. The van der Waals surface area contributed by atoms with Crippen molar-refractivity contribution in [1.82, 2.24) is 24.8 Å². The molecule has 2 aromatic heterocycles. The average Bonchev–Trinajstić information content (AvgIpc) is 3.38. The Labute approximate surface area is 227 Å². The second-order valence-corrected chi connectivity index (χ2v) is 9.32. The lowest BCUT2D eigenvalue weighted by molar-refractivity contribution is 0.0398. The molecule has 10 nitrogen and oxygen atoms in total. The molecular formula is C29H34N6O4. The number of carbonyl (C=O) groups is 1. The maximum atomic E-state index is 12.4. The van der Waals surface area contributed by atoms with Crippen LogP contribution >= 0.6 is 0 Å². The number of rotatable bonds is 10. The predicted octanol–water partition coefficient (Wildman–Crippen LogP) is 4.00. The van der Waals surface area contributed by atoms with E-state index in [-0.39, 0.29) is 5.91 Å². The van der Waals surface area contributed by atoms with Crippen molar-refractivity contribution in [3.63, 3.8) is 0 Å². The molecule has 10 heteroatoms. The molecule has 3 heterocycles. The van der Waals surface area contributed by atoms with E-state index in [9.17, 15) is 4.79 Å². The van der Waals surface area contributed by atoms with Gasteiger partial charge in [-0.05, 0) is 55.8 Å². The number of aryl methyl sites for hydroxylation is 1. The van der Waals surface area contributed by atoms with Crippen LogP contribution in [0.15, 0.2) is 54.7 Å². The molecule has 204 valence electrons. The molecule has 5 rings (SSSR count). The van der Waals surface area contributed by atoms with E-state index >= 15 is 0 Å². The van der Waals surface area contributed by atoms with Gasteiger partial charge < -0.3 is 24.8 Å². The van der Waals surface area contributed by atoms with Crippen molar-refractivity contribution in [2.45, 2.75) is 13.8 Å². The summed E-state index contributed by atoms with van der Waals surface area (Å²) in [5, 5.41) is 11.2. The first-order valence-corrected chi connectivity index (χ1v) is 13.2. The quantitative estimate of drug-likeness (QED) is 0.317. The van der Waals surface area contributed by atoms with Crippen LogP contribution < -0.4 is 20.1 Å². The summed E-state index contributed by atoms with van der Waals surface area (Å²) in [6, 6.07) is 15.0. The van der Waals surface area contributed by atoms with E-state index < -0.39 is 0 Å². The summed E-state index contributed by atoms with van der Waals surface area (Å²) in [5.74, 6) is 1.74. The van der Waals surface area contributed by atoms with E-state index in [4.69, 9.17) is 24.3 Å². The van der Waals surface area contributed by atoms with Gasteiger partial charge in [-0.1, -0.05) is 6.07 Å². The summed E-state index contributed by atoms with van der Waals surface area (Å²) in [7, 11) is 1.63. The second-order valence-electron chi connectivity index (χ2n) is 9.32. The number of anilines is 1. The van der Waals surface area contributed by atoms with E-state index in [1.54, 1.807) is 17.8 Å². The van der Waals surface area contributed by atoms with Crippen LogP contribution in [0.4, 0.5) is 5.69 Å². The summed E-state index contributed by atoms with van der Waals surface area (Å²) in [6.45, 7) is 9.44. The third-order valence-electron chi connectivity index (χ3n) is 6.68. The third kappa shape index (κ3) is 6.13. The lowest BCUT2D eigenvalue weighted by Gasteiger charge is -2.26. The van der Waals surface area contributed by atoms with Crippen LogP contribution in [0.2, 0.25) is 0 Å². The van der Waals surface area contributed by atoms with Gasteiger partial charge in [-0.3, -0.25) is 9.69 Å². The summed E-state index contributed by atoms with van der Waals surface area (Å²) in [4.78, 5) is 19.5. The van der Waals surface area contributed by atoms with Gasteiger partial charge in [0.05, 0.1) is 37.9 Å². The van der Waals surface area contributed by atoms with Crippen LogP contribution in [0.25, 0.3) is 16.9 Å². The van der Waals surface area contributed by atoms with Gasteiger partial charge in [-0.25, -0.2) is 9.50 Å². The van der Waals surface area contributed by atoms with Crippen LogP contribution in [-0.2, 0) is 4.74 Å². The summed E-state index contributed by atoms with van der Waals surface area (Å²) in [5.41, 5.74) is 4.75. The first-order chi connectivity index (χ1) is 19.1. The molecule has 0 aliphatic carbocycles. The van der Waals surface area contributed by atoms with E-state index in [1.165, 1.54) is 0 Å². The molecule has 1 fully saturated rings. The minimum atomic E-state index is -0.0836. The fraction of sp³-hybridized carbons (Fsp3) is 0.345. The van der Waals surface area contributed by atoms with Crippen molar-refractivity contribution in [2.24, 2.45) is 0 Å². The zero-order valence-electron chi connectivity index (χ0n) is 22.6. The number of aromatic nitrogens is 3. The van der Waals surface area contributed by atoms with Gasteiger partial charge in [0.25, 0.3) is 5.91 Å². The molecular weight excluding hydrogens is 496 g/mol. The van der Waals surface area contributed by atoms with Crippen molar-refractivity contribution in [3.05, 3.63) is 65.9 Å². The highest BCUT2D eigenvalue weighted by atomic mass is 16.5. The van der Waals surface area contributed by atoms with Gasteiger partial charge in [-0.15, -0.1) is 5.10 Å². The summed E-state index contributed by atoms with van der Waals surface area (Å²) in [6.07, 6.45) is 1.80. The minimum absolute atomic E-state index is 0.0836. The van der Waals surface area contributed by atoms with E-state index in [1.807, 2.05) is 62.4 Å². The van der Waals surface area contributed by atoms with Gasteiger partial charge >= 0.3 is 0 Å². The monoisotopic (exact) mass is 530 g/mol. The molecule has 1 saturated heterocycles. The lowest BCUT2D eigenvalue weighted by atomic mass is 10.0. The number of benzene rings is 2. The highest BCUT2D eigenvalue weighted by Gasteiger charge is 2.17. The molecule has 39 heavy (non-hydrogen) atoms. The molecule has 2 N–H and O–H groups in total. The fourth-order valence-corrected chi connectivity index (χ4v) is 4.59. The van der Waals surface area contributed by atoms with Crippen molar-refractivity contribution in [2.75, 3.05) is 58.4 Å². The van der Waals surface area contributed by atoms with Gasteiger partial charge in [-0.2, -0.15) is 0 Å². The maximum absolute atomic E-state index is 12.4. The van der Waals surface area contributed by atoms with Crippen molar-refractivity contribution < 1.29 is 19.0 Å². The number of hydrogen-bond acceptors (Lipinski definition) is 8. The number of carbonyl (C=O) groups excluding carboxylic acids is 1. The Morgan fingerprint density at radius 2 is 1.85 bits per heavy atom. The highest BCUT2D eigenvalue weighted by Crippen LogP contribution is 2.30. The molecule has 1 aliphatic rings. The van der Waals surface area contributed by atoms with Crippen LogP contribution in [0, 0.1) is 6.92 Å². The third-order valence-corrected chi connectivity index (χ3v) is 6.68. The number of hydrogen-bond donors (Lipinski definition) is 2. The van der Waals surface area contributed by atoms with Gasteiger partial charge in [0.1, 0.15) is 11.5 Å². The second kappa shape index (κ2) is 12.1. The first-order valence-electron chi connectivity index (χ1n) is 13.2. The first kappa shape index (κ1) is 26.5. The maximum Gasteiger partial charge on any atom is 0.251 e. The van der Waals surface area contributed by atoms with Crippen molar-refractivity contribution in [3.8, 4) is 28.6 Å². The molecule has 0 spiro atoms. The molecule has 4 aromatic rings. The number of methoxy groups -OCH3 is 1. The Balaban J connectivity index is 1.47. The van der Waals surface area contributed by atoms with Crippen LogP contribution in [0.5, 0.6) is 17.4 Å². The molecule has 0 saturated carbocycles. The molecule has 0 unspecified atom stereocenters.